The highest BCUT2D eigenvalue weighted by Gasteiger charge is 2.60. The summed E-state index contributed by atoms with van der Waals surface area (Å²) in [6, 6.07) is 7.28. The van der Waals surface area contributed by atoms with Gasteiger partial charge < -0.3 is 5.32 Å². The summed E-state index contributed by atoms with van der Waals surface area (Å²) in [6.45, 7) is 7.87. The molecule has 0 spiro atoms. The van der Waals surface area contributed by atoms with Crippen LogP contribution in [0.4, 0.5) is 8.78 Å². The van der Waals surface area contributed by atoms with E-state index in [1.54, 1.807) is 12.1 Å². The van der Waals surface area contributed by atoms with Gasteiger partial charge in [-0.3, -0.25) is 0 Å². The zero-order chi connectivity index (χ0) is 15.3. The second kappa shape index (κ2) is 5.05. The molecule has 0 aromatic heterocycles. The molecule has 2 fully saturated rings. The first-order valence-corrected chi connectivity index (χ1v) is 7.95. The van der Waals surface area contributed by atoms with Gasteiger partial charge in [-0.1, -0.05) is 39.0 Å². The summed E-state index contributed by atoms with van der Waals surface area (Å²) in [5.41, 5.74) is 1.79. The third-order valence-electron chi connectivity index (χ3n) is 6.55. The summed E-state index contributed by atoms with van der Waals surface area (Å²) >= 11 is 0. The molecule has 0 aliphatic heterocycles. The first kappa shape index (κ1) is 15.0. The number of benzene rings is 1. The third kappa shape index (κ3) is 2.30. The van der Waals surface area contributed by atoms with Crippen molar-refractivity contribution in [1.82, 2.24) is 5.32 Å². The molecule has 2 aliphatic rings. The predicted molar refractivity (Wildman–Crippen MR) is 81.3 cm³/mol. The van der Waals surface area contributed by atoms with E-state index in [1.165, 1.54) is 25.3 Å². The van der Waals surface area contributed by atoms with Crippen molar-refractivity contribution >= 4 is 0 Å². The lowest BCUT2D eigenvalue weighted by Gasteiger charge is -2.39. The first-order chi connectivity index (χ1) is 9.84. The second-order valence-electron chi connectivity index (χ2n) is 7.59. The number of rotatable bonds is 4. The van der Waals surface area contributed by atoms with Gasteiger partial charge >= 0.3 is 0 Å². The Balaban J connectivity index is 1.68. The summed E-state index contributed by atoms with van der Waals surface area (Å²) < 4.78 is 25.5. The maximum absolute atomic E-state index is 12.8. The van der Waals surface area contributed by atoms with E-state index >= 15 is 0 Å². The molecule has 2 saturated carbocycles. The van der Waals surface area contributed by atoms with Crippen LogP contribution >= 0.6 is 0 Å². The van der Waals surface area contributed by atoms with Gasteiger partial charge in [-0.05, 0) is 47.6 Å². The Bertz CT molecular complexity index is 526. The third-order valence-corrected chi connectivity index (χ3v) is 6.55. The van der Waals surface area contributed by atoms with Crippen molar-refractivity contribution in [3.63, 3.8) is 0 Å². The summed E-state index contributed by atoms with van der Waals surface area (Å²) in [7, 11) is 0. The molecule has 1 N–H and O–H groups in total. The number of fused-ring (bicyclic) bond motifs is 2. The Kier molecular flexibility index (Phi) is 3.59. The van der Waals surface area contributed by atoms with Gasteiger partial charge in [0.1, 0.15) is 0 Å². The van der Waals surface area contributed by atoms with E-state index in [9.17, 15) is 8.78 Å². The highest BCUT2D eigenvalue weighted by molar-refractivity contribution is 5.24. The average molecular weight is 293 g/mol. The summed E-state index contributed by atoms with van der Waals surface area (Å²) in [4.78, 5) is 0. The van der Waals surface area contributed by atoms with Crippen molar-refractivity contribution in [3.8, 4) is 0 Å². The topological polar surface area (TPSA) is 12.0 Å². The zero-order valence-electron chi connectivity index (χ0n) is 13.1. The van der Waals surface area contributed by atoms with Crippen LogP contribution in [0.5, 0.6) is 0 Å². The second-order valence-corrected chi connectivity index (χ2v) is 7.59. The minimum atomic E-state index is -2.39. The predicted octanol–water partition coefficient (Wildman–Crippen LogP) is 4.93. The molecule has 3 heteroatoms. The van der Waals surface area contributed by atoms with Gasteiger partial charge in [-0.2, -0.15) is 0 Å². The van der Waals surface area contributed by atoms with Crippen molar-refractivity contribution in [2.24, 2.45) is 16.7 Å². The highest BCUT2D eigenvalue weighted by atomic mass is 19.3. The smallest absolute Gasteiger partial charge is 0.263 e. The molecule has 2 aliphatic carbocycles. The van der Waals surface area contributed by atoms with Crippen LogP contribution in [-0.4, -0.2) is 6.04 Å². The van der Waals surface area contributed by atoms with Crippen LogP contribution in [0.15, 0.2) is 24.3 Å². The summed E-state index contributed by atoms with van der Waals surface area (Å²) in [5.74, 6) is 0.799. The molecule has 3 unspecified atom stereocenters. The van der Waals surface area contributed by atoms with Crippen molar-refractivity contribution < 1.29 is 8.78 Å². The van der Waals surface area contributed by atoms with Gasteiger partial charge in [-0.15, -0.1) is 0 Å². The molecule has 116 valence electrons. The maximum Gasteiger partial charge on any atom is 0.263 e. The van der Waals surface area contributed by atoms with Gasteiger partial charge in [0, 0.05) is 18.2 Å². The number of alkyl halides is 2. The molecule has 1 aromatic rings. The lowest BCUT2D eigenvalue weighted by molar-refractivity contribution is 0.120. The van der Waals surface area contributed by atoms with Gasteiger partial charge in [0.25, 0.3) is 6.43 Å². The standard InChI is InChI=1S/C18H25F2N/c1-17(2)14-7-8-18(17,3)15(10-14)21-11-12-5-4-6-13(9-12)16(19)20/h4-6,9,14-16,21H,7-8,10-11H2,1-3H3. The van der Waals surface area contributed by atoms with Crippen LogP contribution < -0.4 is 5.32 Å². The van der Waals surface area contributed by atoms with Crippen molar-refractivity contribution in [1.29, 1.82) is 0 Å². The van der Waals surface area contributed by atoms with E-state index in [0.29, 0.717) is 23.4 Å². The van der Waals surface area contributed by atoms with Crippen LogP contribution in [0, 0.1) is 16.7 Å². The fourth-order valence-electron chi connectivity index (χ4n) is 4.59. The minimum absolute atomic E-state index is 0.119. The van der Waals surface area contributed by atoms with Crippen LogP contribution in [0.2, 0.25) is 0 Å². The Morgan fingerprint density at radius 3 is 2.62 bits per heavy atom. The highest BCUT2D eigenvalue weighted by Crippen LogP contribution is 2.65. The molecule has 21 heavy (non-hydrogen) atoms. The molecule has 1 aromatic carbocycles. The number of hydrogen-bond donors (Lipinski definition) is 1. The number of nitrogens with one attached hydrogen (secondary N) is 1. The molecule has 0 saturated heterocycles. The maximum atomic E-state index is 12.8. The normalized spacial score (nSPS) is 33.8. The Morgan fingerprint density at radius 2 is 2.05 bits per heavy atom. The largest absolute Gasteiger partial charge is 0.309 e. The van der Waals surface area contributed by atoms with Crippen molar-refractivity contribution in [3.05, 3.63) is 35.4 Å². The lowest BCUT2D eigenvalue weighted by Crippen LogP contribution is -2.44. The van der Waals surface area contributed by atoms with Gasteiger partial charge in [0.05, 0.1) is 0 Å². The molecule has 0 heterocycles. The Hall–Kier alpha value is -0.960. The SMILES string of the molecule is CC1(C)C2CCC1(C)C(NCc1cccc(C(F)F)c1)C2. The number of halogens is 2. The summed E-state index contributed by atoms with van der Waals surface area (Å²) in [5, 5.41) is 3.65. The van der Waals surface area contributed by atoms with Crippen LogP contribution in [0.3, 0.4) is 0 Å². The van der Waals surface area contributed by atoms with Crippen molar-refractivity contribution in [2.75, 3.05) is 0 Å². The summed E-state index contributed by atoms with van der Waals surface area (Å²) in [6.07, 6.45) is 1.45. The van der Waals surface area contributed by atoms with Crippen molar-refractivity contribution in [2.45, 2.75) is 59.0 Å². The Morgan fingerprint density at radius 1 is 1.29 bits per heavy atom. The molecule has 3 atom stereocenters. The minimum Gasteiger partial charge on any atom is -0.309 e. The van der Waals surface area contributed by atoms with Gasteiger partial charge in [0.15, 0.2) is 0 Å². The molecule has 3 rings (SSSR count). The zero-order valence-corrected chi connectivity index (χ0v) is 13.1. The molecule has 1 nitrogen and oxygen atoms in total. The van der Waals surface area contributed by atoms with E-state index in [-0.39, 0.29) is 5.56 Å². The molecule has 0 amide bonds. The fourth-order valence-corrected chi connectivity index (χ4v) is 4.59. The lowest BCUT2D eigenvalue weighted by atomic mass is 9.69. The molecule has 2 bridgehead atoms. The molecular formula is C18H25F2N. The van der Waals surface area contributed by atoms with Crippen LogP contribution in [0.25, 0.3) is 0 Å². The van der Waals surface area contributed by atoms with E-state index in [2.05, 4.69) is 26.1 Å². The van der Waals surface area contributed by atoms with Gasteiger partial charge in [0.2, 0.25) is 0 Å². The molecule has 0 radical (unpaired) electrons. The quantitative estimate of drug-likeness (QED) is 0.830. The van der Waals surface area contributed by atoms with Crippen LogP contribution in [-0.2, 0) is 6.54 Å². The Labute approximate surface area is 126 Å². The fraction of sp³-hybridized carbons (Fsp3) is 0.667. The molecular weight excluding hydrogens is 268 g/mol. The average Bonchev–Trinajstić information content (AvgIpc) is 2.78. The monoisotopic (exact) mass is 293 g/mol. The van der Waals surface area contributed by atoms with E-state index in [0.717, 1.165) is 11.5 Å². The van der Waals surface area contributed by atoms with Crippen LogP contribution in [0.1, 0.15) is 57.6 Å². The van der Waals surface area contributed by atoms with Gasteiger partial charge in [-0.25, -0.2) is 8.78 Å². The van der Waals surface area contributed by atoms with E-state index < -0.39 is 6.43 Å². The first-order valence-electron chi connectivity index (χ1n) is 7.95. The van der Waals surface area contributed by atoms with E-state index in [4.69, 9.17) is 0 Å². The van der Waals surface area contributed by atoms with E-state index in [1.807, 2.05) is 6.07 Å². The number of hydrogen-bond acceptors (Lipinski definition) is 1.